The van der Waals surface area contributed by atoms with Gasteiger partial charge in [0, 0.05) is 5.92 Å². The summed E-state index contributed by atoms with van der Waals surface area (Å²) >= 11 is 0. The SMILES string of the molecule is O=CC1=CC=C2Cc3ccccc3CCC12. The zero-order chi connectivity index (χ0) is 11.0. The van der Waals surface area contributed by atoms with E-state index < -0.39 is 0 Å². The molecule has 1 aromatic rings. The molecule has 0 heterocycles. The van der Waals surface area contributed by atoms with Crippen molar-refractivity contribution in [1.82, 2.24) is 0 Å². The van der Waals surface area contributed by atoms with Crippen LogP contribution in [0.2, 0.25) is 0 Å². The number of hydrogen-bond acceptors (Lipinski definition) is 1. The summed E-state index contributed by atoms with van der Waals surface area (Å²) in [5.41, 5.74) is 5.25. The number of aryl methyl sites for hydroxylation is 1. The van der Waals surface area contributed by atoms with Gasteiger partial charge in [-0.25, -0.2) is 0 Å². The van der Waals surface area contributed by atoms with Gasteiger partial charge in [0.1, 0.15) is 6.29 Å². The molecule has 1 unspecified atom stereocenters. The molecule has 2 aliphatic rings. The van der Waals surface area contributed by atoms with Gasteiger partial charge in [0.25, 0.3) is 0 Å². The largest absolute Gasteiger partial charge is 0.298 e. The summed E-state index contributed by atoms with van der Waals surface area (Å²) in [5.74, 6) is 0.380. The minimum Gasteiger partial charge on any atom is -0.298 e. The van der Waals surface area contributed by atoms with Crippen molar-refractivity contribution in [3.05, 3.63) is 58.7 Å². The second-order valence-corrected chi connectivity index (χ2v) is 4.56. The highest BCUT2D eigenvalue weighted by Crippen LogP contribution is 2.35. The van der Waals surface area contributed by atoms with Gasteiger partial charge in [-0.1, -0.05) is 42.0 Å². The lowest BCUT2D eigenvalue weighted by Crippen LogP contribution is -2.05. The van der Waals surface area contributed by atoms with Crippen LogP contribution in [0.4, 0.5) is 0 Å². The summed E-state index contributed by atoms with van der Waals surface area (Å²) in [6.45, 7) is 0. The highest BCUT2D eigenvalue weighted by atomic mass is 16.1. The third kappa shape index (κ3) is 1.44. The van der Waals surface area contributed by atoms with Crippen LogP contribution in [0.1, 0.15) is 17.5 Å². The fourth-order valence-corrected chi connectivity index (χ4v) is 2.80. The number of benzene rings is 1. The number of hydrogen-bond donors (Lipinski definition) is 0. The van der Waals surface area contributed by atoms with Gasteiger partial charge in [0.15, 0.2) is 0 Å². The van der Waals surface area contributed by atoms with Crippen molar-refractivity contribution in [3.8, 4) is 0 Å². The van der Waals surface area contributed by atoms with Gasteiger partial charge in [-0.05, 0) is 36.0 Å². The molecular formula is C15H14O. The van der Waals surface area contributed by atoms with E-state index in [0.29, 0.717) is 5.92 Å². The summed E-state index contributed by atoms with van der Waals surface area (Å²) in [4.78, 5) is 10.9. The molecule has 0 radical (unpaired) electrons. The Morgan fingerprint density at radius 3 is 2.75 bits per heavy atom. The lowest BCUT2D eigenvalue weighted by molar-refractivity contribution is -0.105. The van der Waals surface area contributed by atoms with Crippen LogP contribution in [0.25, 0.3) is 0 Å². The normalized spacial score (nSPS) is 22.6. The Hall–Kier alpha value is -1.63. The van der Waals surface area contributed by atoms with Gasteiger partial charge in [0.2, 0.25) is 0 Å². The molecule has 0 aliphatic heterocycles. The second-order valence-electron chi connectivity index (χ2n) is 4.56. The number of carbonyl (C=O) groups is 1. The number of allylic oxidation sites excluding steroid dienone is 4. The Morgan fingerprint density at radius 1 is 1.12 bits per heavy atom. The monoisotopic (exact) mass is 210 g/mol. The zero-order valence-corrected chi connectivity index (χ0v) is 9.15. The third-order valence-corrected chi connectivity index (χ3v) is 3.69. The van der Waals surface area contributed by atoms with Crippen LogP contribution in [0.15, 0.2) is 47.6 Å². The first-order valence-corrected chi connectivity index (χ1v) is 5.81. The fourth-order valence-electron chi connectivity index (χ4n) is 2.80. The summed E-state index contributed by atoms with van der Waals surface area (Å²) in [7, 11) is 0. The summed E-state index contributed by atoms with van der Waals surface area (Å²) in [6.07, 6.45) is 8.31. The molecule has 3 rings (SSSR count). The number of fused-ring (bicyclic) bond motifs is 2. The maximum absolute atomic E-state index is 10.9. The van der Waals surface area contributed by atoms with E-state index in [2.05, 4.69) is 30.3 Å². The summed E-state index contributed by atoms with van der Waals surface area (Å²) in [6, 6.07) is 8.62. The average Bonchev–Trinajstić information content (AvgIpc) is 2.61. The highest BCUT2D eigenvalue weighted by Gasteiger charge is 2.25. The van der Waals surface area contributed by atoms with Gasteiger partial charge in [0.05, 0.1) is 0 Å². The molecule has 16 heavy (non-hydrogen) atoms. The number of carbonyl (C=O) groups excluding carboxylic acids is 1. The van der Waals surface area contributed by atoms with Crippen molar-refractivity contribution in [3.63, 3.8) is 0 Å². The van der Waals surface area contributed by atoms with Gasteiger partial charge in [-0.15, -0.1) is 0 Å². The molecule has 1 aromatic carbocycles. The Kier molecular flexibility index (Phi) is 2.24. The smallest absolute Gasteiger partial charge is 0.146 e. The van der Waals surface area contributed by atoms with Gasteiger partial charge in [-0.2, -0.15) is 0 Å². The minimum atomic E-state index is 0.380. The Morgan fingerprint density at radius 2 is 1.94 bits per heavy atom. The first-order chi connectivity index (χ1) is 7.88. The maximum atomic E-state index is 10.9. The quantitative estimate of drug-likeness (QED) is 0.651. The first-order valence-electron chi connectivity index (χ1n) is 5.81. The molecule has 1 nitrogen and oxygen atoms in total. The Balaban J connectivity index is 1.96. The predicted molar refractivity (Wildman–Crippen MR) is 64.2 cm³/mol. The van der Waals surface area contributed by atoms with Crippen molar-refractivity contribution in [1.29, 1.82) is 0 Å². The van der Waals surface area contributed by atoms with Crippen molar-refractivity contribution < 1.29 is 4.79 Å². The van der Waals surface area contributed by atoms with Crippen LogP contribution in [0, 0.1) is 5.92 Å². The van der Waals surface area contributed by atoms with Crippen molar-refractivity contribution in [2.24, 2.45) is 5.92 Å². The Bertz CT molecular complexity index is 494. The van der Waals surface area contributed by atoms with Crippen LogP contribution in [-0.4, -0.2) is 6.29 Å². The highest BCUT2D eigenvalue weighted by molar-refractivity contribution is 5.77. The van der Waals surface area contributed by atoms with Crippen LogP contribution < -0.4 is 0 Å². The minimum absolute atomic E-state index is 0.380. The second kappa shape index (κ2) is 3.75. The molecule has 0 saturated carbocycles. The van der Waals surface area contributed by atoms with E-state index in [4.69, 9.17) is 0 Å². The number of rotatable bonds is 1. The van der Waals surface area contributed by atoms with E-state index in [9.17, 15) is 4.79 Å². The fraction of sp³-hybridized carbons (Fsp3) is 0.267. The third-order valence-electron chi connectivity index (χ3n) is 3.69. The van der Waals surface area contributed by atoms with E-state index in [1.54, 1.807) is 0 Å². The van der Waals surface area contributed by atoms with Crippen LogP contribution >= 0.6 is 0 Å². The Labute approximate surface area is 95.5 Å². The van der Waals surface area contributed by atoms with Crippen LogP contribution in [-0.2, 0) is 17.6 Å². The molecule has 80 valence electrons. The van der Waals surface area contributed by atoms with E-state index >= 15 is 0 Å². The molecular weight excluding hydrogens is 196 g/mol. The average molecular weight is 210 g/mol. The summed E-state index contributed by atoms with van der Waals surface area (Å²) < 4.78 is 0. The van der Waals surface area contributed by atoms with Gasteiger partial charge < -0.3 is 0 Å². The molecule has 0 aromatic heterocycles. The van der Waals surface area contributed by atoms with Crippen LogP contribution in [0.5, 0.6) is 0 Å². The van der Waals surface area contributed by atoms with Crippen molar-refractivity contribution >= 4 is 6.29 Å². The topological polar surface area (TPSA) is 17.1 Å². The van der Waals surface area contributed by atoms with E-state index in [0.717, 1.165) is 31.1 Å². The van der Waals surface area contributed by atoms with Gasteiger partial charge >= 0.3 is 0 Å². The lowest BCUT2D eigenvalue weighted by Gasteiger charge is -2.12. The van der Waals surface area contributed by atoms with E-state index in [1.807, 2.05) is 6.08 Å². The van der Waals surface area contributed by atoms with Crippen molar-refractivity contribution in [2.45, 2.75) is 19.3 Å². The van der Waals surface area contributed by atoms with Crippen LogP contribution in [0.3, 0.4) is 0 Å². The zero-order valence-electron chi connectivity index (χ0n) is 9.15. The summed E-state index contributed by atoms with van der Waals surface area (Å²) in [5, 5.41) is 0. The van der Waals surface area contributed by atoms with Gasteiger partial charge in [-0.3, -0.25) is 4.79 Å². The van der Waals surface area contributed by atoms with E-state index in [1.165, 1.54) is 16.7 Å². The first kappa shape index (κ1) is 9.59. The molecule has 0 spiro atoms. The van der Waals surface area contributed by atoms with E-state index in [-0.39, 0.29) is 0 Å². The molecule has 2 aliphatic carbocycles. The number of aldehydes is 1. The lowest BCUT2D eigenvalue weighted by atomic mass is 9.91. The molecule has 0 N–H and O–H groups in total. The maximum Gasteiger partial charge on any atom is 0.146 e. The molecule has 1 atom stereocenters. The molecule has 0 bridgehead atoms. The molecule has 0 saturated heterocycles. The predicted octanol–water partition coefficient (Wildman–Crippen LogP) is 2.86. The standard InChI is InChI=1S/C15H14O/c16-10-14-6-5-13-9-12-4-2-1-3-11(12)7-8-15(13)14/h1-6,10,15H,7-9H2. The molecule has 0 fully saturated rings. The molecule has 0 amide bonds. The molecule has 1 heteroatoms. The van der Waals surface area contributed by atoms with Crippen molar-refractivity contribution in [2.75, 3.05) is 0 Å².